The first-order valence-corrected chi connectivity index (χ1v) is 6.46. The number of ether oxygens (including phenoxy) is 2. The zero-order valence-electron chi connectivity index (χ0n) is 10.0. The van der Waals surface area contributed by atoms with Gasteiger partial charge in [0.2, 0.25) is 0 Å². The number of hydrogen-bond donors (Lipinski definition) is 1. The molecule has 1 N–H and O–H groups in total. The third-order valence-electron chi connectivity index (χ3n) is 3.69. The SMILES string of the molecule is c1ccc2c(c1)OCC2NCC1CCOCC1. The molecule has 0 amide bonds. The Bertz CT molecular complexity index is 374. The van der Waals surface area contributed by atoms with Crippen LogP contribution in [0.15, 0.2) is 24.3 Å². The molecule has 1 saturated heterocycles. The molecule has 0 bridgehead atoms. The van der Waals surface area contributed by atoms with Crippen molar-refractivity contribution in [2.24, 2.45) is 5.92 Å². The molecule has 1 aromatic carbocycles. The van der Waals surface area contributed by atoms with E-state index in [1.807, 2.05) is 12.1 Å². The molecule has 3 heteroatoms. The molecule has 17 heavy (non-hydrogen) atoms. The first-order chi connectivity index (χ1) is 8.43. The maximum Gasteiger partial charge on any atom is 0.124 e. The van der Waals surface area contributed by atoms with Crippen LogP contribution in [0.3, 0.4) is 0 Å². The van der Waals surface area contributed by atoms with E-state index in [4.69, 9.17) is 9.47 Å². The summed E-state index contributed by atoms with van der Waals surface area (Å²) in [6, 6.07) is 8.68. The van der Waals surface area contributed by atoms with Crippen LogP contribution in [0.2, 0.25) is 0 Å². The van der Waals surface area contributed by atoms with Crippen molar-refractivity contribution < 1.29 is 9.47 Å². The van der Waals surface area contributed by atoms with Crippen LogP contribution in [-0.2, 0) is 4.74 Å². The van der Waals surface area contributed by atoms with Crippen molar-refractivity contribution >= 4 is 0 Å². The molecule has 2 heterocycles. The number of nitrogens with one attached hydrogen (secondary N) is 1. The van der Waals surface area contributed by atoms with E-state index in [1.54, 1.807) is 0 Å². The fraction of sp³-hybridized carbons (Fsp3) is 0.571. The lowest BCUT2D eigenvalue weighted by Crippen LogP contribution is -2.31. The van der Waals surface area contributed by atoms with Crippen molar-refractivity contribution in [3.05, 3.63) is 29.8 Å². The first-order valence-electron chi connectivity index (χ1n) is 6.46. The number of rotatable bonds is 3. The minimum absolute atomic E-state index is 0.369. The quantitative estimate of drug-likeness (QED) is 0.867. The summed E-state index contributed by atoms with van der Waals surface area (Å²) in [7, 11) is 0. The van der Waals surface area contributed by atoms with Crippen LogP contribution in [0.25, 0.3) is 0 Å². The molecule has 1 fully saturated rings. The zero-order chi connectivity index (χ0) is 11.5. The van der Waals surface area contributed by atoms with Gasteiger partial charge in [-0.1, -0.05) is 18.2 Å². The predicted octanol–water partition coefficient (Wildman–Crippen LogP) is 2.14. The third-order valence-corrected chi connectivity index (χ3v) is 3.69. The van der Waals surface area contributed by atoms with Gasteiger partial charge in [0.1, 0.15) is 12.4 Å². The smallest absolute Gasteiger partial charge is 0.124 e. The fourth-order valence-electron chi connectivity index (χ4n) is 2.59. The minimum atomic E-state index is 0.369. The van der Waals surface area contributed by atoms with Gasteiger partial charge < -0.3 is 14.8 Å². The highest BCUT2D eigenvalue weighted by Crippen LogP contribution is 2.31. The molecule has 1 atom stereocenters. The number of para-hydroxylation sites is 1. The van der Waals surface area contributed by atoms with Gasteiger partial charge in [0, 0.05) is 18.8 Å². The van der Waals surface area contributed by atoms with Gasteiger partial charge in [-0.15, -0.1) is 0 Å². The van der Waals surface area contributed by atoms with E-state index in [0.717, 1.165) is 38.0 Å². The Morgan fingerprint density at radius 1 is 1.18 bits per heavy atom. The van der Waals surface area contributed by atoms with Gasteiger partial charge in [0.25, 0.3) is 0 Å². The molecular formula is C14H19NO2. The molecule has 0 saturated carbocycles. The molecule has 92 valence electrons. The molecular weight excluding hydrogens is 214 g/mol. The average molecular weight is 233 g/mol. The molecule has 2 aliphatic rings. The summed E-state index contributed by atoms with van der Waals surface area (Å²) in [6.45, 7) is 3.68. The molecule has 3 rings (SSSR count). The molecule has 0 aliphatic carbocycles. The van der Waals surface area contributed by atoms with Crippen LogP contribution in [0, 0.1) is 5.92 Å². The van der Waals surface area contributed by atoms with Crippen LogP contribution in [0.1, 0.15) is 24.4 Å². The maximum atomic E-state index is 5.66. The van der Waals surface area contributed by atoms with E-state index in [9.17, 15) is 0 Å². The van der Waals surface area contributed by atoms with E-state index in [0.29, 0.717) is 6.04 Å². The highest BCUT2D eigenvalue weighted by molar-refractivity contribution is 5.39. The first kappa shape index (κ1) is 11.1. The van der Waals surface area contributed by atoms with Gasteiger partial charge in [-0.05, 0) is 31.4 Å². The van der Waals surface area contributed by atoms with Crippen molar-refractivity contribution in [1.82, 2.24) is 5.32 Å². The standard InChI is InChI=1S/C14H19NO2/c1-2-4-14-12(3-1)13(10-17-14)15-9-11-5-7-16-8-6-11/h1-4,11,13,15H,5-10H2. The van der Waals surface area contributed by atoms with Gasteiger partial charge in [0.05, 0.1) is 6.04 Å². The molecule has 1 aromatic rings. The van der Waals surface area contributed by atoms with Crippen molar-refractivity contribution in [2.45, 2.75) is 18.9 Å². The summed E-state index contributed by atoms with van der Waals surface area (Å²) in [5, 5.41) is 3.63. The van der Waals surface area contributed by atoms with Gasteiger partial charge in [-0.25, -0.2) is 0 Å². The highest BCUT2D eigenvalue weighted by Gasteiger charge is 2.24. The summed E-state index contributed by atoms with van der Waals surface area (Å²) in [6.07, 6.45) is 2.37. The molecule has 2 aliphatic heterocycles. The number of fused-ring (bicyclic) bond motifs is 1. The van der Waals surface area contributed by atoms with Crippen molar-refractivity contribution in [3.63, 3.8) is 0 Å². The van der Waals surface area contributed by atoms with Gasteiger partial charge in [0.15, 0.2) is 0 Å². The van der Waals surface area contributed by atoms with E-state index in [-0.39, 0.29) is 0 Å². The van der Waals surface area contributed by atoms with Crippen LogP contribution < -0.4 is 10.1 Å². The Morgan fingerprint density at radius 2 is 2.00 bits per heavy atom. The topological polar surface area (TPSA) is 30.5 Å². The van der Waals surface area contributed by atoms with Crippen molar-refractivity contribution in [1.29, 1.82) is 0 Å². The van der Waals surface area contributed by atoms with Gasteiger partial charge in [-0.2, -0.15) is 0 Å². The Morgan fingerprint density at radius 3 is 2.88 bits per heavy atom. The summed E-state index contributed by atoms with van der Waals surface area (Å²) < 4.78 is 11.0. The van der Waals surface area contributed by atoms with Gasteiger partial charge >= 0.3 is 0 Å². The summed E-state index contributed by atoms with van der Waals surface area (Å²) in [5.74, 6) is 1.80. The fourth-order valence-corrected chi connectivity index (χ4v) is 2.59. The zero-order valence-corrected chi connectivity index (χ0v) is 10.0. The van der Waals surface area contributed by atoms with Crippen LogP contribution in [-0.4, -0.2) is 26.4 Å². The van der Waals surface area contributed by atoms with Crippen LogP contribution in [0.4, 0.5) is 0 Å². The van der Waals surface area contributed by atoms with Crippen LogP contribution in [0.5, 0.6) is 5.75 Å². The number of hydrogen-bond acceptors (Lipinski definition) is 3. The molecule has 0 spiro atoms. The summed E-state index contributed by atoms with van der Waals surface area (Å²) in [4.78, 5) is 0. The summed E-state index contributed by atoms with van der Waals surface area (Å²) in [5.41, 5.74) is 1.31. The monoisotopic (exact) mass is 233 g/mol. The maximum absolute atomic E-state index is 5.66. The molecule has 3 nitrogen and oxygen atoms in total. The Labute approximate surface area is 102 Å². The highest BCUT2D eigenvalue weighted by atomic mass is 16.5. The minimum Gasteiger partial charge on any atom is -0.491 e. The lowest BCUT2D eigenvalue weighted by Gasteiger charge is -2.23. The predicted molar refractivity (Wildman–Crippen MR) is 66.2 cm³/mol. The Kier molecular flexibility index (Phi) is 3.29. The van der Waals surface area contributed by atoms with E-state index >= 15 is 0 Å². The molecule has 0 aromatic heterocycles. The molecule has 0 radical (unpaired) electrons. The van der Waals surface area contributed by atoms with E-state index in [2.05, 4.69) is 17.4 Å². The molecule has 1 unspecified atom stereocenters. The Hall–Kier alpha value is -1.06. The second-order valence-corrected chi connectivity index (χ2v) is 4.87. The lowest BCUT2D eigenvalue weighted by molar-refractivity contribution is 0.0652. The largest absolute Gasteiger partial charge is 0.491 e. The van der Waals surface area contributed by atoms with E-state index < -0.39 is 0 Å². The lowest BCUT2D eigenvalue weighted by atomic mass is 9.99. The number of benzene rings is 1. The summed E-state index contributed by atoms with van der Waals surface area (Å²) >= 11 is 0. The second-order valence-electron chi connectivity index (χ2n) is 4.87. The van der Waals surface area contributed by atoms with Gasteiger partial charge in [-0.3, -0.25) is 0 Å². The third kappa shape index (κ3) is 2.45. The normalized spacial score (nSPS) is 24.4. The van der Waals surface area contributed by atoms with Crippen molar-refractivity contribution in [2.75, 3.05) is 26.4 Å². The second kappa shape index (κ2) is 5.07. The van der Waals surface area contributed by atoms with E-state index in [1.165, 1.54) is 18.4 Å². The van der Waals surface area contributed by atoms with Crippen molar-refractivity contribution in [3.8, 4) is 5.75 Å². The Balaban J connectivity index is 1.56. The average Bonchev–Trinajstić information content (AvgIpc) is 2.81. The van der Waals surface area contributed by atoms with Crippen LogP contribution >= 0.6 is 0 Å².